The molecule has 0 saturated carbocycles. The van der Waals surface area contributed by atoms with Crippen molar-refractivity contribution in [2.24, 2.45) is 0 Å². The molecule has 0 bridgehead atoms. The Bertz CT molecular complexity index is 462. The average Bonchev–Trinajstić information content (AvgIpc) is 2.82. The van der Waals surface area contributed by atoms with Crippen LogP contribution in [0.5, 0.6) is 0 Å². The Morgan fingerprint density at radius 3 is 2.72 bits per heavy atom. The molecule has 1 aromatic heterocycles. The predicted octanol–water partition coefficient (Wildman–Crippen LogP) is 3.35. The Morgan fingerprint density at radius 2 is 2.06 bits per heavy atom. The van der Waals surface area contributed by atoms with Crippen LogP contribution in [0, 0.1) is 6.92 Å². The molecule has 1 unspecified atom stereocenters. The molecule has 96 valence electrons. The second-order valence-electron chi connectivity index (χ2n) is 4.73. The molecule has 2 heteroatoms. The zero-order valence-electron chi connectivity index (χ0n) is 11.1. The molecule has 2 rings (SSSR count). The molecule has 0 radical (unpaired) electrons. The highest BCUT2D eigenvalue weighted by Crippen LogP contribution is 2.11. The van der Waals surface area contributed by atoms with Gasteiger partial charge in [0.05, 0.1) is 6.26 Å². The van der Waals surface area contributed by atoms with Gasteiger partial charge in [0.25, 0.3) is 0 Å². The van der Waals surface area contributed by atoms with Crippen molar-refractivity contribution in [3.8, 4) is 0 Å². The van der Waals surface area contributed by atoms with Crippen molar-refractivity contribution in [3.05, 3.63) is 59.5 Å². The molecule has 1 N–H and O–H groups in total. The minimum Gasteiger partial charge on any atom is -0.469 e. The minimum absolute atomic E-state index is 0.433. The lowest BCUT2D eigenvalue weighted by atomic mass is 10.0. The fourth-order valence-electron chi connectivity index (χ4n) is 2.30. The number of benzene rings is 1. The molecule has 0 saturated heterocycles. The SMILES string of the molecule is CCNC(Cc1cccc(C)c1)Cc1ccco1. The second-order valence-corrected chi connectivity index (χ2v) is 4.73. The maximum absolute atomic E-state index is 5.43. The van der Waals surface area contributed by atoms with Crippen LogP contribution in [0.15, 0.2) is 47.1 Å². The summed E-state index contributed by atoms with van der Waals surface area (Å²) in [6, 6.07) is 13.1. The van der Waals surface area contributed by atoms with E-state index >= 15 is 0 Å². The first-order chi connectivity index (χ1) is 8.78. The van der Waals surface area contributed by atoms with Crippen LogP contribution >= 0.6 is 0 Å². The zero-order valence-corrected chi connectivity index (χ0v) is 11.1. The highest BCUT2D eigenvalue weighted by molar-refractivity contribution is 5.23. The number of furan rings is 1. The summed E-state index contributed by atoms with van der Waals surface area (Å²) in [6.07, 6.45) is 3.72. The van der Waals surface area contributed by atoms with Crippen LogP contribution < -0.4 is 5.32 Å². The fourth-order valence-corrected chi connectivity index (χ4v) is 2.30. The molecule has 2 nitrogen and oxygen atoms in total. The molecular weight excluding hydrogens is 222 g/mol. The van der Waals surface area contributed by atoms with Crippen molar-refractivity contribution < 1.29 is 4.42 Å². The molecule has 1 atom stereocenters. The molecule has 1 heterocycles. The van der Waals surface area contributed by atoms with Crippen molar-refractivity contribution >= 4 is 0 Å². The van der Waals surface area contributed by atoms with Gasteiger partial charge in [0, 0.05) is 12.5 Å². The zero-order chi connectivity index (χ0) is 12.8. The first-order valence-corrected chi connectivity index (χ1v) is 6.59. The van der Waals surface area contributed by atoms with Gasteiger partial charge in [-0.3, -0.25) is 0 Å². The van der Waals surface area contributed by atoms with Crippen molar-refractivity contribution in [2.75, 3.05) is 6.54 Å². The lowest BCUT2D eigenvalue weighted by molar-refractivity contribution is 0.444. The summed E-state index contributed by atoms with van der Waals surface area (Å²) in [5.74, 6) is 1.05. The Kier molecular flexibility index (Phi) is 4.59. The summed E-state index contributed by atoms with van der Waals surface area (Å²) in [7, 11) is 0. The van der Waals surface area contributed by atoms with E-state index in [1.807, 2.05) is 12.1 Å². The smallest absolute Gasteiger partial charge is 0.105 e. The van der Waals surface area contributed by atoms with Gasteiger partial charge in [-0.05, 0) is 37.6 Å². The first-order valence-electron chi connectivity index (χ1n) is 6.59. The molecule has 0 spiro atoms. The molecule has 0 aliphatic heterocycles. The predicted molar refractivity (Wildman–Crippen MR) is 74.8 cm³/mol. The summed E-state index contributed by atoms with van der Waals surface area (Å²) in [5, 5.41) is 3.53. The van der Waals surface area contributed by atoms with Gasteiger partial charge in [-0.1, -0.05) is 36.8 Å². The molecule has 0 aliphatic carbocycles. The summed E-state index contributed by atoms with van der Waals surface area (Å²) >= 11 is 0. The van der Waals surface area contributed by atoms with Gasteiger partial charge in [0.2, 0.25) is 0 Å². The number of nitrogens with one attached hydrogen (secondary N) is 1. The standard InChI is InChI=1S/C16H21NO/c1-3-17-15(12-16-8-5-9-18-16)11-14-7-4-6-13(2)10-14/h4-10,15,17H,3,11-12H2,1-2H3. The molecule has 0 aliphatic rings. The van der Waals surface area contributed by atoms with Crippen LogP contribution in [-0.2, 0) is 12.8 Å². The Balaban J connectivity index is 2.01. The van der Waals surface area contributed by atoms with Gasteiger partial charge < -0.3 is 9.73 Å². The van der Waals surface area contributed by atoms with Gasteiger partial charge in [-0.25, -0.2) is 0 Å². The quantitative estimate of drug-likeness (QED) is 0.841. The van der Waals surface area contributed by atoms with Crippen LogP contribution in [0.2, 0.25) is 0 Å². The van der Waals surface area contributed by atoms with Crippen LogP contribution in [-0.4, -0.2) is 12.6 Å². The minimum atomic E-state index is 0.433. The van der Waals surface area contributed by atoms with Crippen LogP contribution in [0.25, 0.3) is 0 Å². The van der Waals surface area contributed by atoms with E-state index in [-0.39, 0.29) is 0 Å². The third-order valence-electron chi connectivity index (χ3n) is 3.09. The van der Waals surface area contributed by atoms with E-state index in [4.69, 9.17) is 4.42 Å². The van der Waals surface area contributed by atoms with Crippen molar-refractivity contribution in [1.82, 2.24) is 5.32 Å². The number of aryl methyl sites for hydroxylation is 1. The lowest BCUT2D eigenvalue weighted by Crippen LogP contribution is -2.32. The van der Waals surface area contributed by atoms with Gasteiger partial charge in [-0.2, -0.15) is 0 Å². The van der Waals surface area contributed by atoms with Crippen molar-refractivity contribution in [3.63, 3.8) is 0 Å². The summed E-state index contributed by atoms with van der Waals surface area (Å²) in [4.78, 5) is 0. The second kappa shape index (κ2) is 6.41. The van der Waals surface area contributed by atoms with Crippen molar-refractivity contribution in [1.29, 1.82) is 0 Å². The topological polar surface area (TPSA) is 25.2 Å². The summed E-state index contributed by atoms with van der Waals surface area (Å²) in [5.41, 5.74) is 2.70. The maximum Gasteiger partial charge on any atom is 0.105 e. The number of hydrogen-bond donors (Lipinski definition) is 1. The van der Waals surface area contributed by atoms with Gasteiger partial charge in [-0.15, -0.1) is 0 Å². The highest BCUT2D eigenvalue weighted by Gasteiger charge is 2.11. The van der Waals surface area contributed by atoms with Crippen LogP contribution in [0.1, 0.15) is 23.8 Å². The Labute approximate surface area is 109 Å². The molecule has 18 heavy (non-hydrogen) atoms. The molecule has 1 aromatic carbocycles. The lowest BCUT2D eigenvalue weighted by Gasteiger charge is -2.17. The molecule has 0 amide bonds. The average molecular weight is 243 g/mol. The third kappa shape index (κ3) is 3.74. The Morgan fingerprint density at radius 1 is 1.17 bits per heavy atom. The maximum atomic E-state index is 5.43. The molecule has 2 aromatic rings. The van der Waals surface area contributed by atoms with E-state index in [9.17, 15) is 0 Å². The first kappa shape index (κ1) is 12.9. The van der Waals surface area contributed by atoms with E-state index in [1.165, 1.54) is 11.1 Å². The monoisotopic (exact) mass is 243 g/mol. The number of likely N-dealkylation sites (N-methyl/N-ethyl adjacent to an activating group) is 1. The number of hydrogen-bond acceptors (Lipinski definition) is 2. The van der Waals surface area contributed by atoms with Gasteiger partial charge in [0.15, 0.2) is 0 Å². The fraction of sp³-hybridized carbons (Fsp3) is 0.375. The van der Waals surface area contributed by atoms with Gasteiger partial charge >= 0.3 is 0 Å². The highest BCUT2D eigenvalue weighted by atomic mass is 16.3. The van der Waals surface area contributed by atoms with Crippen LogP contribution in [0.4, 0.5) is 0 Å². The van der Waals surface area contributed by atoms with Crippen LogP contribution in [0.3, 0.4) is 0 Å². The Hall–Kier alpha value is -1.54. The third-order valence-corrected chi connectivity index (χ3v) is 3.09. The van der Waals surface area contributed by atoms with E-state index < -0.39 is 0 Å². The summed E-state index contributed by atoms with van der Waals surface area (Å²) in [6.45, 7) is 5.26. The normalized spacial score (nSPS) is 12.6. The van der Waals surface area contributed by atoms with E-state index in [0.717, 1.165) is 25.1 Å². The number of rotatable bonds is 6. The van der Waals surface area contributed by atoms with Crippen molar-refractivity contribution in [2.45, 2.75) is 32.7 Å². The van der Waals surface area contributed by atoms with E-state index in [2.05, 4.69) is 43.4 Å². The van der Waals surface area contributed by atoms with Gasteiger partial charge in [0.1, 0.15) is 5.76 Å². The summed E-state index contributed by atoms with van der Waals surface area (Å²) < 4.78 is 5.43. The molecular formula is C16H21NO. The largest absolute Gasteiger partial charge is 0.469 e. The molecule has 0 fully saturated rings. The van der Waals surface area contributed by atoms with E-state index in [1.54, 1.807) is 6.26 Å². The van der Waals surface area contributed by atoms with E-state index in [0.29, 0.717) is 6.04 Å².